The van der Waals surface area contributed by atoms with E-state index in [0.29, 0.717) is 31.9 Å². The molecule has 1 aromatic carbocycles. The van der Waals surface area contributed by atoms with E-state index in [9.17, 15) is 4.79 Å². The molecule has 0 saturated carbocycles. The standard InChI is InChI=1S/C14H20N4O2/c1-11(13(15)16)17-7-9-18(10-8-17)14(19)20-12-5-3-2-4-6-12/h2-6,11H,7-10H2,1H3,(H3,15,16). The van der Waals surface area contributed by atoms with Crippen LogP contribution in [-0.2, 0) is 0 Å². The van der Waals surface area contributed by atoms with Crippen molar-refractivity contribution in [1.82, 2.24) is 9.80 Å². The minimum Gasteiger partial charge on any atom is -0.410 e. The third-order valence-electron chi connectivity index (χ3n) is 3.52. The van der Waals surface area contributed by atoms with Crippen molar-refractivity contribution in [2.24, 2.45) is 5.73 Å². The number of para-hydroxylation sites is 1. The summed E-state index contributed by atoms with van der Waals surface area (Å²) in [5, 5.41) is 7.45. The van der Waals surface area contributed by atoms with Crippen LogP contribution in [0.3, 0.4) is 0 Å². The van der Waals surface area contributed by atoms with Crippen LogP contribution in [0.5, 0.6) is 5.75 Å². The molecular formula is C14H20N4O2. The molecule has 108 valence electrons. The zero-order valence-electron chi connectivity index (χ0n) is 11.6. The molecular weight excluding hydrogens is 256 g/mol. The summed E-state index contributed by atoms with van der Waals surface area (Å²) in [5.74, 6) is 0.711. The fraction of sp³-hybridized carbons (Fsp3) is 0.429. The zero-order valence-corrected chi connectivity index (χ0v) is 11.6. The Kier molecular flexibility index (Phi) is 4.57. The zero-order chi connectivity index (χ0) is 14.5. The first-order valence-corrected chi connectivity index (χ1v) is 6.67. The summed E-state index contributed by atoms with van der Waals surface area (Å²) < 4.78 is 5.30. The van der Waals surface area contributed by atoms with Gasteiger partial charge in [0.25, 0.3) is 0 Å². The van der Waals surface area contributed by atoms with E-state index in [0.717, 1.165) is 0 Å². The number of nitrogens with two attached hydrogens (primary N) is 1. The molecule has 0 aliphatic carbocycles. The Morgan fingerprint density at radius 2 is 1.85 bits per heavy atom. The third-order valence-corrected chi connectivity index (χ3v) is 3.52. The maximum Gasteiger partial charge on any atom is 0.415 e. The van der Waals surface area contributed by atoms with Gasteiger partial charge in [0.15, 0.2) is 0 Å². The van der Waals surface area contributed by atoms with Crippen LogP contribution in [0, 0.1) is 5.41 Å². The first kappa shape index (κ1) is 14.3. The minimum absolute atomic E-state index is 0.0812. The summed E-state index contributed by atoms with van der Waals surface area (Å²) in [6, 6.07) is 8.96. The largest absolute Gasteiger partial charge is 0.415 e. The number of ether oxygens (including phenoxy) is 1. The van der Waals surface area contributed by atoms with Crippen LogP contribution in [0.4, 0.5) is 4.79 Å². The van der Waals surface area contributed by atoms with Crippen molar-refractivity contribution < 1.29 is 9.53 Å². The number of hydrogen-bond donors (Lipinski definition) is 2. The van der Waals surface area contributed by atoms with Crippen molar-refractivity contribution in [2.45, 2.75) is 13.0 Å². The molecule has 1 unspecified atom stereocenters. The molecule has 1 amide bonds. The Balaban J connectivity index is 1.84. The molecule has 0 spiro atoms. The molecule has 2 rings (SSSR count). The van der Waals surface area contributed by atoms with Gasteiger partial charge in [-0.15, -0.1) is 0 Å². The summed E-state index contributed by atoms with van der Waals surface area (Å²) in [4.78, 5) is 15.8. The van der Waals surface area contributed by atoms with E-state index in [1.807, 2.05) is 25.1 Å². The molecule has 0 bridgehead atoms. The quantitative estimate of drug-likeness (QED) is 0.640. The highest BCUT2D eigenvalue weighted by Gasteiger charge is 2.26. The predicted molar refractivity (Wildman–Crippen MR) is 77.0 cm³/mol. The average Bonchev–Trinajstić information content (AvgIpc) is 2.47. The van der Waals surface area contributed by atoms with Crippen molar-refractivity contribution in [3.05, 3.63) is 30.3 Å². The number of piperazine rings is 1. The van der Waals surface area contributed by atoms with Crippen LogP contribution < -0.4 is 10.5 Å². The topological polar surface area (TPSA) is 82.7 Å². The van der Waals surface area contributed by atoms with E-state index in [1.165, 1.54) is 0 Å². The Morgan fingerprint density at radius 3 is 2.40 bits per heavy atom. The van der Waals surface area contributed by atoms with Gasteiger partial charge in [-0.05, 0) is 19.1 Å². The lowest BCUT2D eigenvalue weighted by Crippen LogP contribution is -2.54. The Morgan fingerprint density at radius 1 is 1.25 bits per heavy atom. The number of amides is 1. The maximum absolute atomic E-state index is 12.0. The average molecular weight is 276 g/mol. The highest BCUT2D eigenvalue weighted by Crippen LogP contribution is 2.12. The molecule has 1 fully saturated rings. The SMILES string of the molecule is CC(C(=N)N)N1CCN(C(=O)Oc2ccccc2)CC1. The lowest BCUT2D eigenvalue weighted by Gasteiger charge is -2.36. The van der Waals surface area contributed by atoms with E-state index in [-0.39, 0.29) is 18.0 Å². The van der Waals surface area contributed by atoms with Crippen molar-refractivity contribution >= 4 is 11.9 Å². The second-order valence-electron chi connectivity index (χ2n) is 4.84. The lowest BCUT2D eigenvalue weighted by atomic mass is 10.2. The second-order valence-corrected chi connectivity index (χ2v) is 4.84. The molecule has 6 heteroatoms. The van der Waals surface area contributed by atoms with Gasteiger partial charge in [0.2, 0.25) is 0 Å². The summed E-state index contributed by atoms with van der Waals surface area (Å²) in [6.45, 7) is 4.47. The van der Waals surface area contributed by atoms with Gasteiger partial charge in [-0.2, -0.15) is 0 Å². The first-order chi connectivity index (χ1) is 9.58. The molecule has 1 saturated heterocycles. The van der Waals surface area contributed by atoms with Crippen LogP contribution in [0.2, 0.25) is 0 Å². The fourth-order valence-electron chi connectivity index (χ4n) is 2.14. The first-order valence-electron chi connectivity index (χ1n) is 6.67. The predicted octanol–water partition coefficient (Wildman–Crippen LogP) is 1.13. The van der Waals surface area contributed by atoms with Crippen molar-refractivity contribution in [3.63, 3.8) is 0 Å². The van der Waals surface area contributed by atoms with Gasteiger partial charge in [0.1, 0.15) is 11.6 Å². The molecule has 1 aliphatic heterocycles. The monoisotopic (exact) mass is 276 g/mol. The number of rotatable bonds is 3. The van der Waals surface area contributed by atoms with E-state index < -0.39 is 0 Å². The highest BCUT2D eigenvalue weighted by atomic mass is 16.6. The number of amidine groups is 1. The van der Waals surface area contributed by atoms with Gasteiger partial charge in [0, 0.05) is 26.2 Å². The van der Waals surface area contributed by atoms with Crippen LogP contribution >= 0.6 is 0 Å². The molecule has 6 nitrogen and oxygen atoms in total. The number of nitrogens with zero attached hydrogens (tertiary/aromatic N) is 2. The van der Waals surface area contributed by atoms with Crippen molar-refractivity contribution in [3.8, 4) is 5.75 Å². The molecule has 0 aromatic heterocycles. The summed E-state index contributed by atoms with van der Waals surface area (Å²) in [5.41, 5.74) is 5.50. The van der Waals surface area contributed by atoms with Crippen molar-refractivity contribution in [2.75, 3.05) is 26.2 Å². The normalized spacial score (nSPS) is 17.6. The second kappa shape index (κ2) is 6.38. The Labute approximate surface area is 118 Å². The number of benzene rings is 1. The van der Waals surface area contributed by atoms with Gasteiger partial charge in [0.05, 0.1) is 6.04 Å². The van der Waals surface area contributed by atoms with Crippen LogP contribution in [0.15, 0.2) is 30.3 Å². The lowest BCUT2D eigenvalue weighted by molar-refractivity contribution is 0.105. The van der Waals surface area contributed by atoms with Crippen LogP contribution in [-0.4, -0.2) is 53.9 Å². The third kappa shape index (κ3) is 3.48. The maximum atomic E-state index is 12.0. The van der Waals surface area contributed by atoms with Crippen molar-refractivity contribution in [1.29, 1.82) is 5.41 Å². The Bertz CT molecular complexity index is 469. The van der Waals surface area contributed by atoms with E-state index >= 15 is 0 Å². The van der Waals surface area contributed by atoms with E-state index in [2.05, 4.69) is 4.90 Å². The summed E-state index contributed by atoms with van der Waals surface area (Å²) >= 11 is 0. The smallest absolute Gasteiger partial charge is 0.410 e. The van der Waals surface area contributed by atoms with Gasteiger partial charge < -0.3 is 15.4 Å². The van der Waals surface area contributed by atoms with E-state index in [1.54, 1.807) is 17.0 Å². The minimum atomic E-state index is -0.327. The molecule has 3 N–H and O–H groups in total. The molecule has 1 atom stereocenters. The van der Waals surface area contributed by atoms with Gasteiger partial charge >= 0.3 is 6.09 Å². The van der Waals surface area contributed by atoms with Gasteiger partial charge in [-0.3, -0.25) is 10.3 Å². The summed E-state index contributed by atoms with van der Waals surface area (Å²) in [7, 11) is 0. The van der Waals surface area contributed by atoms with E-state index in [4.69, 9.17) is 15.9 Å². The summed E-state index contributed by atoms with van der Waals surface area (Å²) in [6.07, 6.45) is -0.327. The molecule has 1 aromatic rings. The number of carbonyl (C=O) groups is 1. The van der Waals surface area contributed by atoms with Gasteiger partial charge in [-0.1, -0.05) is 18.2 Å². The van der Waals surface area contributed by atoms with Crippen LogP contribution in [0.25, 0.3) is 0 Å². The molecule has 1 heterocycles. The Hall–Kier alpha value is -2.08. The van der Waals surface area contributed by atoms with Gasteiger partial charge in [-0.25, -0.2) is 4.79 Å². The van der Waals surface area contributed by atoms with Crippen LogP contribution in [0.1, 0.15) is 6.92 Å². The molecule has 1 aliphatic rings. The highest BCUT2D eigenvalue weighted by molar-refractivity contribution is 5.82. The molecule has 20 heavy (non-hydrogen) atoms. The number of carbonyl (C=O) groups excluding carboxylic acids is 1. The number of nitrogens with one attached hydrogen (secondary N) is 1. The fourth-order valence-corrected chi connectivity index (χ4v) is 2.14. The number of hydrogen-bond acceptors (Lipinski definition) is 4. The molecule has 0 radical (unpaired) electrons.